The van der Waals surface area contributed by atoms with Crippen molar-refractivity contribution in [1.29, 1.82) is 0 Å². The van der Waals surface area contributed by atoms with Crippen LogP contribution in [0.5, 0.6) is 0 Å². The number of carbonyl (C=O) groups is 1. The van der Waals surface area contributed by atoms with E-state index in [1.54, 1.807) is 54.7 Å². The van der Waals surface area contributed by atoms with E-state index in [2.05, 4.69) is 15.3 Å². The van der Waals surface area contributed by atoms with E-state index in [1.165, 1.54) is 11.8 Å². The maximum absolute atomic E-state index is 12.6. The van der Waals surface area contributed by atoms with Crippen LogP contribution in [0.1, 0.15) is 15.9 Å². The maximum Gasteiger partial charge on any atom is 0.258 e. The van der Waals surface area contributed by atoms with Crippen LogP contribution in [-0.4, -0.2) is 15.9 Å². The van der Waals surface area contributed by atoms with Crippen molar-refractivity contribution in [3.63, 3.8) is 0 Å². The van der Waals surface area contributed by atoms with Gasteiger partial charge >= 0.3 is 0 Å². The third-order valence-corrected chi connectivity index (χ3v) is 5.03. The molecule has 0 fully saturated rings. The smallest absolute Gasteiger partial charge is 0.258 e. The number of hydrogen-bond donors (Lipinski definition) is 1. The van der Waals surface area contributed by atoms with Crippen LogP contribution in [0.3, 0.4) is 0 Å². The normalized spacial score (nSPS) is 10.6. The quantitative estimate of drug-likeness (QED) is 0.404. The Morgan fingerprint density at radius 1 is 1.04 bits per heavy atom. The Hall–Kier alpha value is -1.79. The van der Waals surface area contributed by atoms with Crippen molar-refractivity contribution in [2.45, 2.75) is 10.8 Å². The van der Waals surface area contributed by atoms with Crippen LogP contribution in [0.25, 0.3) is 0 Å². The third kappa shape index (κ3) is 5.11. The molecule has 1 aromatic carbocycles. The number of nitrogens with zero attached hydrogens (tertiary/aromatic N) is 2. The number of aromatic nitrogens is 2. The molecule has 2 aromatic heterocycles. The van der Waals surface area contributed by atoms with Crippen molar-refractivity contribution < 1.29 is 4.79 Å². The van der Waals surface area contributed by atoms with E-state index in [0.717, 1.165) is 5.56 Å². The first-order valence-corrected chi connectivity index (χ1v) is 9.60. The second kappa shape index (κ2) is 8.73. The molecular formula is C18H12Cl3N3OS. The average molecular weight is 425 g/mol. The highest BCUT2D eigenvalue weighted by Gasteiger charge is 2.13. The van der Waals surface area contributed by atoms with Gasteiger partial charge in [-0.15, -0.1) is 11.8 Å². The fourth-order valence-electron chi connectivity index (χ4n) is 2.16. The number of rotatable bonds is 5. The molecule has 1 amide bonds. The summed E-state index contributed by atoms with van der Waals surface area (Å²) in [5.41, 5.74) is 2.04. The Morgan fingerprint density at radius 2 is 1.73 bits per heavy atom. The molecule has 3 rings (SSSR count). The zero-order chi connectivity index (χ0) is 18.5. The Morgan fingerprint density at radius 3 is 2.42 bits per heavy atom. The number of thioether (sulfide) groups is 1. The number of carbonyl (C=O) groups excluding carboxylic acids is 1. The van der Waals surface area contributed by atoms with Gasteiger partial charge in [-0.25, -0.2) is 9.97 Å². The fraction of sp³-hybridized carbons (Fsp3) is 0.0556. The molecular weight excluding hydrogens is 413 g/mol. The van der Waals surface area contributed by atoms with Crippen LogP contribution in [0.2, 0.25) is 15.3 Å². The monoisotopic (exact) mass is 423 g/mol. The highest BCUT2D eigenvalue weighted by molar-refractivity contribution is 7.98. The van der Waals surface area contributed by atoms with Gasteiger partial charge in [0.2, 0.25) is 0 Å². The van der Waals surface area contributed by atoms with Crippen LogP contribution in [-0.2, 0) is 5.75 Å². The molecule has 0 radical (unpaired) electrons. The summed E-state index contributed by atoms with van der Waals surface area (Å²) >= 11 is 19.1. The Kier molecular flexibility index (Phi) is 6.38. The van der Waals surface area contributed by atoms with Crippen LogP contribution < -0.4 is 5.32 Å². The SMILES string of the molecule is O=C(Nc1ccc(Cl)cc1)c1cccnc1SCc1cc(Cl)nc(Cl)c1. The minimum absolute atomic E-state index is 0.242. The zero-order valence-corrected chi connectivity index (χ0v) is 16.3. The summed E-state index contributed by atoms with van der Waals surface area (Å²) in [6, 6.07) is 13.8. The lowest BCUT2D eigenvalue weighted by Crippen LogP contribution is -2.13. The number of hydrogen-bond acceptors (Lipinski definition) is 4. The van der Waals surface area contributed by atoms with Gasteiger partial charge < -0.3 is 5.32 Å². The van der Waals surface area contributed by atoms with E-state index in [-0.39, 0.29) is 5.91 Å². The number of benzene rings is 1. The van der Waals surface area contributed by atoms with Gasteiger partial charge in [0.05, 0.1) is 5.56 Å². The molecule has 3 aromatic rings. The molecule has 2 heterocycles. The molecule has 0 atom stereocenters. The van der Waals surface area contributed by atoms with Gasteiger partial charge in [0, 0.05) is 22.7 Å². The van der Waals surface area contributed by atoms with Crippen molar-refractivity contribution in [3.05, 3.63) is 81.2 Å². The van der Waals surface area contributed by atoms with E-state index in [1.807, 2.05) is 0 Å². The molecule has 26 heavy (non-hydrogen) atoms. The molecule has 0 aliphatic carbocycles. The summed E-state index contributed by atoms with van der Waals surface area (Å²) in [6.07, 6.45) is 1.65. The number of amides is 1. The zero-order valence-electron chi connectivity index (χ0n) is 13.2. The van der Waals surface area contributed by atoms with E-state index in [9.17, 15) is 4.79 Å². The number of nitrogens with one attached hydrogen (secondary N) is 1. The van der Waals surface area contributed by atoms with Crippen LogP contribution in [0.4, 0.5) is 5.69 Å². The summed E-state index contributed by atoms with van der Waals surface area (Å²) in [4.78, 5) is 20.8. The topological polar surface area (TPSA) is 54.9 Å². The van der Waals surface area contributed by atoms with Crippen LogP contribution in [0.15, 0.2) is 59.8 Å². The molecule has 0 aliphatic heterocycles. The fourth-order valence-corrected chi connectivity index (χ4v) is 3.71. The Balaban J connectivity index is 1.74. The summed E-state index contributed by atoms with van der Waals surface area (Å²) < 4.78 is 0. The van der Waals surface area contributed by atoms with Gasteiger partial charge in [0.25, 0.3) is 5.91 Å². The van der Waals surface area contributed by atoms with Gasteiger partial charge in [0.1, 0.15) is 15.3 Å². The molecule has 0 saturated heterocycles. The number of pyridine rings is 2. The number of halogens is 3. The summed E-state index contributed by atoms with van der Waals surface area (Å²) in [6.45, 7) is 0. The van der Waals surface area contributed by atoms with Crippen LogP contribution >= 0.6 is 46.6 Å². The minimum atomic E-state index is -0.242. The molecule has 0 spiro atoms. The predicted octanol–water partition coefficient (Wildman–Crippen LogP) is 5.98. The van der Waals surface area contributed by atoms with Gasteiger partial charge in [-0.2, -0.15) is 0 Å². The summed E-state index contributed by atoms with van der Waals surface area (Å²) in [5.74, 6) is 0.314. The minimum Gasteiger partial charge on any atom is -0.322 e. The molecule has 0 aliphatic rings. The first kappa shape index (κ1) is 19.0. The second-order valence-electron chi connectivity index (χ2n) is 5.23. The summed E-state index contributed by atoms with van der Waals surface area (Å²) in [7, 11) is 0. The molecule has 8 heteroatoms. The predicted molar refractivity (Wildman–Crippen MR) is 107 cm³/mol. The van der Waals surface area contributed by atoms with Crippen molar-refractivity contribution in [1.82, 2.24) is 9.97 Å². The van der Waals surface area contributed by atoms with Gasteiger partial charge in [0.15, 0.2) is 0 Å². The third-order valence-electron chi connectivity index (χ3n) is 3.32. The first-order chi connectivity index (χ1) is 12.5. The van der Waals surface area contributed by atoms with E-state index in [0.29, 0.717) is 37.4 Å². The van der Waals surface area contributed by atoms with Gasteiger partial charge in [-0.3, -0.25) is 4.79 Å². The highest BCUT2D eigenvalue weighted by atomic mass is 35.5. The lowest BCUT2D eigenvalue weighted by Gasteiger charge is -2.09. The Labute approximate surface area is 169 Å². The van der Waals surface area contributed by atoms with E-state index >= 15 is 0 Å². The molecule has 0 bridgehead atoms. The van der Waals surface area contributed by atoms with E-state index < -0.39 is 0 Å². The van der Waals surface area contributed by atoms with Crippen molar-refractivity contribution in [2.24, 2.45) is 0 Å². The average Bonchev–Trinajstić information content (AvgIpc) is 2.61. The molecule has 4 nitrogen and oxygen atoms in total. The standard InChI is InChI=1S/C18H12Cl3N3OS/c19-12-3-5-13(6-4-12)23-17(25)14-2-1-7-22-18(14)26-10-11-8-15(20)24-16(21)9-11/h1-9H,10H2,(H,23,25). The van der Waals surface area contributed by atoms with E-state index in [4.69, 9.17) is 34.8 Å². The second-order valence-corrected chi connectivity index (χ2v) is 7.40. The van der Waals surface area contributed by atoms with Gasteiger partial charge in [-0.05, 0) is 54.1 Å². The lowest BCUT2D eigenvalue weighted by molar-refractivity contribution is 0.102. The number of anilines is 1. The molecule has 0 saturated carbocycles. The first-order valence-electron chi connectivity index (χ1n) is 7.48. The maximum atomic E-state index is 12.6. The highest BCUT2D eigenvalue weighted by Crippen LogP contribution is 2.27. The van der Waals surface area contributed by atoms with Crippen LogP contribution in [0, 0.1) is 0 Å². The lowest BCUT2D eigenvalue weighted by atomic mass is 10.2. The largest absolute Gasteiger partial charge is 0.322 e. The van der Waals surface area contributed by atoms with Crippen molar-refractivity contribution in [2.75, 3.05) is 5.32 Å². The van der Waals surface area contributed by atoms with Gasteiger partial charge in [-0.1, -0.05) is 34.8 Å². The molecule has 132 valence electrons. The molecule has 1 N–H and O–H groups in total. The van der Waals surface area contributed by atoms with Crippen molar-refractivity contribution in [3.8, 4) is 0 Å². The Bertz CT molecular complexity index is 915. The molecule has 0 unspecified atom stereocenters. The van der Waals surface area contributed by atoms with Crippen molar-refractivity contribution >= 4 is 58.2 Å². The summed E-state index contributed by atoms with van der Waals surface area (Å²) in [5, 5.41) is 4.72.